The van der Waals surface area contributed by atoms with E-state index in [2.05, 4.69) is 48.5 Å². The van der Waals surface area contributed by atoms with Crippen LogP contribution in [-0.4, -0.2) is 48.3 Å². The van der Waals surface area contributed by atoms with Gasteiger partial charge in [-0.15, -0.1) is 0 Å². The fourth-order valence-corrected chi connectivity index (χ4v) is 10.8. The van der Waals surface area contributed by atoms with Gasteiger partial charge in [-0.1, -0.05) is 48.5 Å². The molecule has 4 aliphatic rings. The van der Waals surface area contributed by atoms with E-state index in [9.17, 15) is 19.2 Å². The number of ether oxygens (including phenoxy) is 4. The molecule has 4 fully saturated rings. The van der Waals surface area contributed by atoms with Gasteiger partial charge < -0.3 is 18.9 Å². The highest BCUT2D eigenvalue weighted by Crippen LogP contribution is 2.74. The Kier molecular flexibility index (Phi) is 10.9. The summed E-state index contributed by atoms with van der Waals surface area (Å²) in [6.45, 7) is 14.8. The second kappa shape index (κ2) is 15.5. The van der Waals surface area contributed by atoms with Crippen molar-refractivity contribution >= 4 is 23.9 Å². The molecule has 4 aliphatic carbocycles. The topological polar surface area (TPSA) is 105 Å². The Bertz CT molecular complexity index is 1810. The third kappa shape index (κ3) is 7.82. The Hall–Kier alpha value is -5.24. The van der Waals surface area contributed by atoms with Gasteiger partial charge >= 0.3 is 23.9 Å². The summed E-state index contributed by atoms with van der Waals surface area (Å²) in [5.74, 6) is -1.39. The van der Waals surface area contributed by atoms with Crippen LogP contribution in [-0.2, 0) is 40.6 Å². The van der Waals surface area contributed by atoms with Crippen molar-refractivity contribution in [2.24, 2.45) is 0 Å². The predicted octanol–water partition coefficient (Wildman–Crippen LogP) is 10.4. The molecule has 8 nitrogen and oxygen atoms in total. The fraction of sp³-hybridized carbons (Fsp3) is 0.440. The van der Waals surface area contributed by atoms with Crippen LogP contribution in [0.4, 0.5) is 0 Å². The fourth-order valence-electron chi connectivity index (χ4n) is 10.8. The van der Waals surface area contributed by atoms with E-state index >= 15 is 0 Å². The average Bonchev–Trinajstić information content (AvgIpc) is 3.16. The number of hydrogen-bond acceptors (Lipinski definition) is 8. The zero-order valence-corrected chi connectivity index (χ0v) is 35.1. The molecule has 304 valence electrons. The summed E-state index contributed by atoms with van der Waals surface area (Å²) in [5, 5.41) is 0. The van der Waals surface area contributed by atoms with Gasteiger partial charge in [-0.05, 0) is 186 Å². The van der Waals surface area contributed by atoms with E-state index in [1.165, 1.54) is 0 Å². The van der Waals surface area contributed by atoms with Crippen molar-refractivity contribution in [2.75, 3.05) is 0 Å². The minimum Gasteiger partial charge on any atom is -0.459 e. The van der Waals surface area contributed by atoms with E-state index in [0.717, 1.165) is 60.8 Å². The summed E-state index contributed by atoms with van der Waals surface area (Å²) in [5.41, 5.74) is 5.41. The van der Waals surface area contributed by atoms with Gasteiger partial charge in [-0.25, -0.2) is 19.2 Å². The summed E-state index contributed by atoms with van der Waals surface area (Å²) in [7, 11) is 0. The Morgan fingerprint density at radius 1 is 0.328 bits per heavy atom. The molecule has 4 saturated carbocycles. The van der Waals surface area contributed by atoms with Gasteiger partial charge in [0.1, 0.15) is 0 Å². The van der Waals surface area contributed by atoms with Gasteiger partial charge in [-0.2, -0.15) is 0 Å². The number of carbonyl (C=O) groups excluding carboxylic acids is 4. The van der Waals surface area contributed by atoms with Gasteiger partial charge in [0.25, 0.3) is 0 Å². The molecule has 0 unspecified atom stereocenters. The van der Waals surface area contributed by atoms with Crippen LogP contribution in [0.3, 0.4) is 0 Å². The quantitative estimate of drug-likeness (QED) is 0.103. The normalized spacial score (nSPS) is 24.6. The largest absolute Gasteiger partial charge is 0.459 e. The lowest BCUT2D eigenvalue weighted by Crippen LogP contribution is -2.67. The van der Waals surface area contributed by atoms with Crippen molar-refractivity contribution in [3.8, 4) is 0 Å². The monoisotopic (exact) mass is 784 g/mol. The Balaban J connectivity index is 1.40. The van der Waals surface area contributed by atoms with Crippen LogP contribution in [0.5, 0.6) is 0 Å². The van der Waals surface area contributed by atoms with E-state index < -0.39 is 0 Å². The van der Waals surface area contributed by atoms with Crippen molar-refractivity contribution in [3.05, 3.63) is 142 Å². The maximum absolute atomic E-state index is 13.0. The zero-order chi connectivity index (χ0) is 41.6. The van der Waals surface area contributed by atoms with Crippen LogP contribution in [0.25, 0.3) is 0 Å². The predicted molar refractivity (Wildman–Crippen MR) is 222 cm³/mol. The van der Waals surface area contributed by atoms with Crippen molar-refractivity contribution in [1.82, 2.24) is 0 Å². The highest BCUT2D eigenvalue weighted by molar-refractivity contribution is 5.91. The highest BCUT2D eigenvalue weighted by atomic mass is 16.6. The number of esters is 4. The van der Waals surface area contributed by atoms with Crippen LogP contribution < -0.4 is 0 Å². The molecular weight excluding hydrogens is 729 g/mol. The van der Waals surface area contributed by atoms with E-state index in [4.69, 9.17) is 18.9 Å². The van der Waals surface area contributed by atoms with E-state index in [1.54, 1.807) is 0 Å². The third-order valence-electron chi connectivity index (χ3n) is 12.4. The first-order chi connectivity index (χ1) is 27.5. The van der Waals surface area contributed by atoms with Crippen LogP contribution in [0, 0.1) is 0 Å². The number of carbonyl (C=O) groups is 4. The van der Waals surface area contributed by atoms with Gasteiger partial charge in [0.2, 0.25) is 0 Å². The lowest BCUT2D eigenvalue weighted by atomic mass is 9.32. The summed E-state index contributed by atoms with van der Waals surface area (Å²) in [6, 6.07) is 32.0. The standard InChI is InChI=1S/C50H56O8/c1-31(2)55-43(51)35-9-17-39(18-10-35)47-25-48(40-19-11-36(12-20-40)44(52)56-32(3)4)28-49(26-47,41-21-13-37(14-22-41)45(53)57-33(5)6)30-50(27-47,29-48)42-23-15-38(16-24-42)46(54)58-34(7)8/h9-24,31-34H,25-30H2,1-8H3. The molecule has 0 N–H and O–H groups in total. The van der Waals surface area contributed by atoms with Crippen molar-refractivity contribution in [3.63, 3.8) is 0 Å². The molecule has 0 atom stereocenters. The second-order valence-corrected chi connectivity index (χ2v) is 18.3. The number of benzene rings is 4. The molecule has 4 aromatic rings. The summed E-state index contributed by atoms with van der Waals surface area (Å²) in [4.78, 5) is 52.0. The van der Waals surface area contributed by atoms with Crippen molar-refractivity contribution < 1.29 is 38.1 Å². The second-order valence-electron chi connectivity index (χ2n) is 18.3. The lowest BCUT2D eigenvalue weighted by Gasteiger charge is -2.71. The molecule has 58 heavy (non-hydrogen) atoms. The van der Waals surface area contributed by atoms with Gasteiger partial charge in [0.05, 0.1) is 46.7 Å². The Labute approximate surface area is 342 Å². The zero-order valence-electron chi connectivity index (χ0n) is 35.1. The first-order valence-electron chi connectivity index (χ1n) is 20.7. The van der Waals surface area contributed by atoms with Gasteiger partial charge in [-0.3, -0.25) is 0 Å². The third-order valence-corrected chi connectivity index (χ3v) is 12.4. The average molecular weight is 785 g/mol. The molecule has 4 aromatic carbocycles. The molecule has 0 spiro atoms. The van der Waals surface area contributed by atoms with E-state index in [0.29, 0.717) is 22.3 Å². The Morgan fingerprint density at radius 3 is 0.621 bits per heavy atom. The first-order valence-corrected chi connectivity index (χ1v) is 20.7. The van der Waals surface area contributed by atoms with Gasteiger partial charge in [0.15, 0.2) is 0 Å². The molecule has 0 radical (unpaired) electrons. The van der Waals surface area contributed by atoms with Crippen LogP contribution >= 0.6 is 0 Å². The molecular formula is C50H56O8. The van der Waals surface area contributed by atoms with Gasteiger partial charge in [0, 0.05) is 0 Å². The molecule has 0 aliphatic heterocycles. The minimum atomic E-state index is -0.347. The van der Waals surface area contributed by atoms with Crippen molar-refractivity contribution in [2.45, 2.75) is 140 Å². The molecule has 0 heterocycles. The maximum atomic E-state index is 13.0. The minimum absolute atomic E-state index is 0.231. The summed E-state index contributed by atoms with van der Waals surface area (Å²) >= 11 is 0. The summed E-state index contributed by atoms with van der Waals surface area (Å²) in [6.07, 6.45) is 4.28. The molecule has 0 aromatic heterocycles. The van der Waals surface area contributed by atoms with E-state index in [1.807, 2.05) is 104 Å². The number of hydrogen-bond donors (Lipinski definition) is 0. The summed E-state index contributed by atoms with van der Waals surface area (Å²) < 4.78 is 22.2. The van der Waals surface area contributed by atoms with E-state index in [-0.39, 0.29) is 70.0 Å². The Morgan fingerprint density at radius 2 is 0.483 bits per heavy atom. The molecule has 4 bridgehead atoms. The van der Waals surface area contributed by atoms with Crippen LogP contribution in [0.15, 0.2) is 97.1 Å². The molecule has 0 saturated heterocycles. The highest BCUT2D eigenvalue weighted by Gasteiger charge is 2.69. The molecule has 8 heteroatoms. The maximum Gasteiger partial charge on any atom is 0.338 e. The van der Waals surface area contributed by atoms with Crippen LogP contribution in [0.2, 0.25) is 0 Å². The smallest absolute Gasteiger partial charge is 0.338 e. The SMILES string of the molecule is CC(C)OC(=O)c1ccc(C23CC4(c5ccc(C(=O)OC(C)C)cc5)CC(c5ccc(C(=O)OC(C)C)cc5)(C2)CC(c2ccc(C(=O)OC(C)C)cc2)(C3)C4)cc1. The first kappa shape index (κ1) is 40.9. The lowest BCUT2D eigenvalue weighted by molar-refractivity contribution is -0.0692. The van der Waals surface area contributed by atoms with Crippen molar-refractivity contribution in [1.29, 1.82) is 0 Å². The van der Waals surface area contributed by atoms with Crippen LogP contribution in [0.1, 0.15) is 158 Å². The molecule has 8 rings (SSSR count). The number of rotatable bonds is 12. The molecule has 0 amide bonds.